The van der Waals surface area contributed by atoms with Crippen molar-refractivity contribution in [3.8, 4) is 11.5 Å². The Morgan fingerprint density at radius 1 is 1.32 bits per heavy atom. The number of guanidine groups is 1. The van der Waals surface area contributed by atoms with Gasteiger partial charge in [-0.15, -0.1) is 0 Å². The second-order valence-electron chi connectivity index (χ2n) is 5.72. The second kappa shape index (κ2) is 8.51. The van der Waals surface area contributed by atoms with Gasteiger partial charge in [-0.25, -0.2) is 0 Å². The van der Waals surface area contributed by atoms with Gasteiger partial charge in [0.05, 0.1) is 13.7 Å². The third-order valence-corrected chi connectivity index (χ3v) is 3.70. The Hall–Kier alpha value is -1.91. The zero-order chi connectivity index (χ0) is 15.8. The highest BCUT2D eigenvalue weighted by molar-refractivity contribution is 5.79. The first-order valence-corrected chi connectivity index (χ1v) is 7.96. The summed E-state index contributed by atoms with van der Waals surface area (Å²) in [4.78, 5) is 4.23. The molecule has 2 rings (SSSR count). The summed E-state index contributed by atoms with van der Waals surface area (Å²) >= 11 is 0. The first-order valence-electron chi connectivity index (χ1n) is 7.96. The van der Waals surface area contributed by atoms with E-state index in [2.05, 4.69) is 15.6 Å². The fraction of sp³-hybridized carbons (Fsp3) is 0.588. The number of hydrogen-bond donors (Lipinski definition) is 2. The molecule has 1 aromatic carbocycles. The predicted molar refractivity (Wildman–Crippen MR) is 89.8 cm³/mol. The molecule has 122 valence electrons. The Kier molecular flexibility index (Phi) is 6.37. The first-order chi connectivity index (χ1) is 10.7. The minimum atomic E-state index is 0.0362. The van der Waals surface area contributed by atoms with Gasteiger partial charge in [0.15, 0.2) is 5.96 Å². The van der Waals surface area contributed by atoms with Crippen molar-refractivity contribution in [1.29, 1.82) is 0 Å². The third-order valence-electron chi connectivity index (χ3n) is 3.70. The van der Waals surface area contributed by atoms with Crippen LogP contribution in [0.1, 0.15) is 26.2 Å². The second-order valence-corrected chi connectivity index (χ2v) is 5.72. The van der Waals surface area contributed by atoms with Crippen LogP contribution >= 0.6 is 0 Å². The summed E-state index contributed by atoms with van der Waals surface area (Å²) in [6, 6.07) is 7.65. The monoisotopic (exact) mass is 305 g/mol. The molecule has 1 unspecified atom stereocenters. The van der Waals surface area contributed by atoms with E-state index >= 15 is 0 Å². The van der Waals surface area contributed by atoms with Gasteiger partial charge in [-0.2, -0.15) is 0 Å². The summed E-state index contributed by atoms with van der Waals surface area (Å²) in [7, 11) is 3.45. The SMILES string of the molecule is CN=C(NCCC1CC1)NCC(C)Oc1cccc(OC)c1. The number of methoxy groups -OCH3 is 1. The summed E-state index contributed by atoms with van der Waals surface area (Å²) in [6.07, 6.45) is 4.04. The molecule has 22 heavy (non-hydrogen) atoms. The number of hydrogen-bond acceptors (Lipinski definition) is 3. The van der Waals surface area contributed by atoms with Crippen molar-refractivity contribution in [2.24, 2.45) is 10.9 Å². The van der Waals surface area contributed by atoms with Crippen LogP contribution in [0.15, 0.2) is 29.3 Å². The van der Waals surface area contributed by atoms with Crippen LogP contribution in [0, 0.1) is 5.92 Å². The molecule has 1 saturated carbocycles. The average Bonchev–Trinajstić information content (AvgIpc) is 3.35. The quantitative estimate of drug-likeness (QED) is 0.572. The summed E-state index contributed by atoms with van der Waals surface area (Å²) < 4.78 is 11.1. The van der Waals surface area contributed by atoms with Crippen LogP contribution in [0.4, 0.5) is 0 Å². The highest BCUT2D eigenvalue weighted by Crippen LogP contribution is 2.31. The van der Waals surface area contributed by atoms with Crippen molar-refractivity contribution in [1.82, 2.24) is 10.6 Å². The highest BCUT2D eigenvalue weighted by atomic mass is 16.5. The number of rotatable bonds is 8. The average molecular weight is 305 g/mol. The molecule has 0 bridgehead atoms. The van der Waals surface area contributed by atoms with Crippen molar-refractivity contribution < 1.29 is 9.47 Å². The van der Waals surface area contributed by atoms with Gasteiger partial charge in [-0.05, 0) is 31.4 Å². The number of aliphatic imine (C=N–C) groups is 1. The summed E-state index contributed by atoms with van der Waals surface area (Å²) in [5.74, 6) is 3.38. The Bertz CT molecular complexity index is 487. The van der Waals surface area contributed by atoms with Crippen LogP contribution in [0.2, 0.25) is 0 Å². The molecule has 5 heteroatoms. The van der Waals surface area contributed by atoms with E-state index in [4.69, 9.17) is 9.47 Å². The topological polar surface area (TPSA) is 54.9 Å². The number of ether oxygens (including phenoxy) is 2. The van der Waals surface area contributed by atoms with Crippen molar-refractivity contribution in [3.05, 3.63) is 24.3 Å². The first kappa shape index (κ1) is 16.5. The minimum Gasteiger partial charge on any atom is -0.497 e. The van der Waals surface area contributed by atoms with E-state index in [-0.39, 0.29) is 6.10 Å². The van der Waals surface area contributed by atoms with Crippen LogP contribution in [0.5, 0.6) is 11.5 Å². The Morgan fingerprint density at radius 2 is 2.09 bits per heavy atom. The Balaban J connectivity index is 1.69. The summed E-state index contributed by atoms with van der Waals surface area (Å²) in [6.45, 7) is 3.71. The summed E-state index contributed by atoms with van der Waals surface area (Å²) in [5, 5.41) is 6.64. The van der Waals surface area contributed by atoms with E-state index in [1.807, 2.05) is 31.2 Å². The third kappa shape index (κ3) is 5.84. The molecule has 0 spiro atoms. The van der Waals surface area contributed by atoms with Crippen molar-refractivity contribution >= 4 is 5.96 Å². The zero-order valence-corrected chi connectivity index (χ0v) is 13.8. The molecule has 0 aromatic heterocycles. The minimum absolute atomic E-state index is 0.0362. The van der Waals surface area contributed by atoms with Gasteiger partial charge in [0, 0.05) is 19.7 Å². The van der Waals surface area contributed by atoms with E-state index < -0.39 is 0 Å². The lowest BCUT2D eigenvalue weighted by atomic mass is 10.3. The normalized spacial score (nSPS) is 16.0. The maximum Gasteiger partial charge on any atom is 0.191 e. The van der Waals surface area contributed by atoms with Gasteiger partial charge in [-0.1, -0.05) is 18.9 Å². The fourth-order valence-corrected chi connectivity index (χ4v) is 2.21. The molecule has 1 aliphatic rings. The lowest BCUT2D eigenvalue weighted by Crippen LogP contribution is -2.42. The predicted octanol–water partition coefficient (Wildman–Crippen LogP) is 2.43. The Morgan fingerprint density at radius 3 is 2.77 bits per heavy atom. The van der Waals surface area contributed by atoms with Crippen LogP contribution in [0.25, 0.3) is 0 Å². The van der Waals surface area contributed by atoms with Gasteiger partial charge >= 0.3 is 0 Å². The molecule has 0 heterocycles. The fourth-order valence-electron chi connectivity index (χ4n) is 2.21. The maximum atomic E-state index is 5.88. The van der Waals surface area contributed by atoms with Crippen LogP contribution in [-0.4, -0.2) is 39.3 Å². The van der Waals surface area contributed by atoms with Crippen LogP contribution in [-0.2, 0) is 0 Å². The number of nitrogens with zero attached hydrogens (tertiary/aromatic N) is 1. The molecule has 1 aromatic rings. The zero-order valence-electron chi connectivity index (χ0n) is 13.8. The number of nitrogens with one attached hydrogen (secondary N) is 2. The van der Waals surface area contributed by atoms with E-state index in [0.29, 0.717) is 6.54 Å². The molecule has 0 amide bonds. The molecule has 1 aliphatic carbocycles. The van der Waals surface area contributed by atoms with Crippen LogP contribution in [0.3, 0.4) is 0 Å². The summed E-state index contributed by atoms with van der Waals surface area (Å²) in [5.41, 5.74) is 0. The smallest absolute Gasteiger partial charge is 0.191 e. The van der Waals surface area contributed by atoms with E-state index in [1.165, 1.54) is 19.3 Å². The van der Waals surface area contributed by atoms with E-state index in [1.54, 1.807) is 14.2 Å². The molecule has 5 nitrogen and oxygen atoms in total. The van der Waals surface area contributed by atoms with Crippen molar-refractivity contribution in [2.45, 2.75) is 32.3 Å². The molecule has 0 saturated heterocycles. The van der Waals surface area contributed by atoms with Crippen molar-refractivity contribution in [3.63, 3.8) is 0 Å². The molecular weight excluding hydrogens is 278 g/mol. The number of benzene rings is 1. The van der Waals surface area contributed by atoms with E-state index in [0.717, 1.165) is 29.9 Å². The lowest BCUT2D eigenvalue weighted by molar-refractivity contribution is 0.223. The van der Waals surface area contributed by atoms with E-state index in [9.17, 15) is 0 Å². The van der Waals surface area contributed by atoms with Gasteiger partial charge < -0.3 is 20.1 Å². The molecule has 1 atom stereocenters. The Labute approximate surface area is 133 Å². The van der Waals surface area contributed by atoms with Gasteiger partial charge in [0.1, 0.15) is 17.6 Å². The molecular formula is C17H27N3O2. The largest absolute Gasteiger partial charge is 0.497 e. The van der Waals surface area contributed by atoms with Crippen molar-refractivity contribution in [2.75, 3.05) is 27.2 Å². The molecule has 0 radical (unpaired) electrons. The van der Waals surface area contributed by atoms with Gasteiger partial charge in [0.25, 0.3) is 0 Å². The highest BCUT2D eigenvalue weighted by Gasteiger charge is 2.20. The van der Waals surface area contributed by atoms with Gasteiger partial charge in [-0.3, -0.25) is 4.99 Å². The lowest BCUT2D eigenvalue weighted by Gasteiger charge is -2.18. The molecule has 2 N–H and O–H groups in total. The van der Waals surface area contributed by atoms with Crippen LogP contribution < -0.4 is 20.1 Å². The van der Waals surface area contributed by atoms with Gasteiger partial charge in [0.2, 0.25) is 0 Å². The molecule has 0 aliphatic heterocycles. The standard InChI is InChI=1S/C17H27N3O2/c1-13(22-16-6-4-5-15(11-16)21-3)12-20-17(18-2)19-10-9-14-7-8-14/h4-6,11,13-14H,7-10,12H2,1-3H3,(H2,18,19,20). The molecule has 1 fully saturated rings. The maximum absolute atomic E-state index is 5.88.